The lowest BCUT2D eigenvalue weighted by Gasteiger charge is -2.38. The molecule has 0 radical (unpaired) electrons. The lowest BCUT2D eigenvalue weighted by Crippen LogP contribution is -2.56. The van der Waals surface area contributed by atoms with Gasteiger partial charge in [0.1, 0.15) is 12.6 Å². The summed E-state index contributed by atoms with van der Waals surface area (Å²) < 4.78 is 30.9. The van der Waals surface area contributed by atoms with E-state index in [0.717, 1.165) is 51.2 Å². The van der Waals surface area contributed by atoms with Crippen LogP contribution in [-0.2, 0) is 35.8 Å². The quantitative estimate of drug-likeness (QED) is 0.207. The van der Waals surface area contributed by atoms with Gasteiger partial charge in [-0.05, 0) is 68.6 Å². The number of nitrogens with one attached hydrogen (secondary N) is 4. The number of aliphatic hydroxyl groups is 1. The molecule has 2 aliphatic heterocycles. The predicted molar refractivity (Wildman–Crippen MR) is 178 cm³/mol. The number of amides is 4. The minimum Gasteiger partial charge on any atom is -0.445 e. The monoisotopic (exact) mass is 709 g/mol. The maximum atomic E-state index is 13.9. The van der Waals surface area contributed by atoms with E-state index in [4.69, 9.17) is 16.3 Å². The molecule has 2 saturated carbocycles. The zero-order chi connectivity index (χ0) is 34.5. The van der Waals surface area contributed by atoms with E-state index < -0.39 is 57.6 Å². The Labute approximate surface area is 287 Å². The van der Waals surface area contributed by atoms with E-state index in [1.54, 1.807) is 24.3 Å². The summed E-state index contributed by atoms with van der Waals surface area (Å²) in [5.41, 5.74) is 0.0849. The summed E-state index contributed by atoms with van der Waals surface area (Å²) in [5, 5.41) is 23.1. The first-order valence-electron chi connectivity index (χ1n) is 17.0. The first-order chi connectivity index (χ1) is 22.8. The molecule has 0 bridgehead atoms. The molecule has 5 rings (SSSR count). The molecule has 1 spiro atoms. The molecule has 2 unspecified atom stereocenters. The van der Waals surface area contributed by atoms with Crippen molar-refractivity contribution in [2.75, 3.05) is 19.3 Å². The smallest absolute Gasteiger partial charge is 0.408 e. The minimum absolute atomic E-state index is 0.0102. The summed E-state index contributed by atoms with van der Waals surface area (Å²) in [6.07, 6.45) is 6.97. The van der Waals surface area contributed by atoms with E-state index in [1.165, 1.54) is 4.31 Å². The maximum absolute atomic E-state index is 13.9. The summed E-state index contributed by atoms with van der Waals surface area (Å²) in [6, 6.07) is 4.76. The van der Waals surface area contributed by atoms with E-state index in [1.807, 2.05) is 0 Å². The Bertz CT molecular complexity index is 1440. The van der Waals surface area contributed by atoms with E-state index in [9.17, 15) is 32.7 Å². The number of piperidine rings is 1. The summed E-state index contributed by atoms with van der Waals surface area (Å²) in [5.74, 6) is -1.90. The summed E-state index contributed by atoms with van der Waals surface area (Å²) in [4.78, 5) is 53.1. The van der Waals surface area contributed by atoms with Gasteiger partial charge >= 0.3 is 6.09 Å². The highest BCUT2D eigenvalue weighted by atomic mass is 35.5. The fraction of sp³-hybridized carbons (Fsp3) is 0.697. The zero-order valence-corrected chi connectivity index (χ0v) is 29.0. The number of hydrogen-bond donors (Lipinski definition) is 5. The van der Waals surface area contributed by atoms with Gasteiger partial charge in [0, 0.05) is 35.6 Å². The second-order valence-electron chi connectivity index (χ2n) is 14.1. The molecule has 0 aromatic heterocycles. The number of hydrogen-bond acceptors (Lipinski definition) is 8. The SMILES string of the molecule is CS(=O)(=O)N1CCC2(CC1)CC(C[C@H](NC(=O)[C@H](CC1CCCCC1)NC(=O)OCc1cccc(Cl)c1)C(O)C(=O)NC1CC1)C(=O)N2. The lowest BCUT2D eigenvalue weighted by atomic mass is 9.82. The van der Waals surface area contributed by atoms with Gasteiger partial charge in [-0.25, -0.2) is 17.5 Å². The number of nitrogens with zero attached hydrogens (tertiary/aromatic N) is 1. The molecule has 15 heteroatoms. The van der Waals surface area contributed by atoms with Crippen LogP contribution in [0.15, 0.2) is 24.3 Å². The Hall–Kier alpha value is -2.94. The van der Waals surface area contributed by atoms with E-state index in [-0.39, 0.29) is 44.0 Å². The van der Waals surface area contributed by atoms with Crippen LogP contribution in [-0.4, -0.2) is 90.8 Å². The Morgan fingerprint density at radius 3 is 2.42 bits per heavy atom. The van der Waals surface area contributed by atoms with Crippen molar-refractivity contribution in [1.82, 2.24) is 25.6 Å². The Morgan fingerprint density at radius 2 is 1.77 bits per heavy atom. The number of ether oxygens (including phenoxy) is 1. The number of alkyl carbamates (subject to hydrolysis) is 1. The molecule has 4 atom stereocenters. The lowest BCUT2D eigenvalue weighted by molar-refractivity contribution is -0.134. The van der Waals surface area contributed by atoms with Crippen LogP contribution in [0.3, 0.4) is 0 Å². The second-order valence-corrected chi connectivity index (χ2v) is 16.5. The van der Waals surface area contributed by atoms with Crippen LogP contribution in [0, 0.1) is 11.8 Å². The Balaban J connectivity index is 1.28. The third-order valence-corrected chi connectivity index (χ3v) is 11.7. The Kier molecular flexibility index (Phi) is 11.9. The van der Waals surface area contributed by atoms with Gasteiger partial charge in [-0.1, -0.05) is 55.8 Å². The Morgan fingerprint density at radius 1 is 1.06 bits per heavy atom. The molecule has 5 N–H and O–H groups in total. The number of sulfonamides is 1. The largest absolute Gasteiger partial charge is 0.445 e. The van der Waals surface area contributed by atoms with Gasteiger partial charge in [-0.15, -0.1) is 0 Å². The van der Waals surface area contributed by atoms with Gasteiger partial charge in [-0.2, -0.15) is 0 Å². The first kappa shape index (κ1) is 36.3. The highest BCUT2D eigenvalue weighted by Gasteiger charge is 2.48. The zero-order valence-electron chi connectivity index (χ0n) is 27.4. The molecule has 266 valence electrons. The standard InChI is InChI=1S/C33H48ClN5O8S/c1-48(45,46)39-14-12-33(13-15-39)19-23(29(41)38-33)18-26(28(40)31(43)35-25-10-11-25)36-30(42)27(17-21-6-3-2-4-7-21)37-32(44)47-20-22-8-5-9-24(34)16-22/h5,8-9,16,21,23,25-28,40H,2-4,6-7,10-15,17-20H2,1H3,(H,35,43)(H,36,42)(H,37,44)(H,38,41)/t23?,26-,27-,28?/m0/s1. The molecule has 4 amide bonds. The first-order valence-corrected chi connectivity index (χ1v) is 19.3. The average Bonchev–Trinajstić information content (AvgIpc) is 3.81. The normalized spacial score (nSPS) is 23.5. The number of halogens is 1. The summed E-state index contributed by atoms with van der Waals surface area (Å²) in [7, 11) is -3.35. The van der Waals surface area contributed by atoms with E-state index in [2.05, 4.69) is 21.3 Å². The highest BCUT2D eigenvalue weighted by Crippen LogP contribution is 2.37. The van der Waals surface area contributed by atoms with Gasteiger partial charge in [0.15, 0.2) is 6.10 Å². The molecule has 48 heavy (non-hydrogen) atoms. The number of benzene rings is 1. The summed E-state index contributed by atoms with van der Waals surface area (Å²) >= 11 is 6.05. The molecule has 4 fully saturated rings. The molecule has 4 aliphatic rings. The third-order valence-electron chi connectivity index (χ3n) is 10.1. The van der Waals surface area contributed by atoms with Crippen molar-refractivity contribution >= 4 is 45.4 Å². The van der Waals surface area contributed by atoms with Crippen molar-refractivity contribution in [1.29, 1.82) is 0 Å². The van der Waals surface area contributed by atoms with E-state index in [0.29, 0.717) is 36.3 Å². The van der Waals surface area contributed by atoms with Crippen molar-refractivity contribution in [3.05, 3.63) is 34.9 Å². The van der Waals surface area contributed by atoms with Gasteiger partial charge in [0.05, 0.1) is 12.3 Å². The van der Waals surface area contributed by atoms with E-state index >= 15 is 0 Å². The fourth-order valence-corrected chi connectivity index (χ4v) is 8.30. The van der Waals surface area contributed by atoms with Gasteiger partial charge < -0.3 is 31.1 Å². The van der Waals surface area contributed by atoms with Crippen LogP contribution >= 0.6 is 11.6 Å². The van der Waals surface area contributed by atoms with Crippen LogP contribution in [0.25, 0.3) is 0 Å². The molecular weight excluding hydrogens is 662 g/mol. The molecule has 1 aromatic carbocycles. The fourth-order valence-electron chi connectivity index (χ4n) is 7.24. The average molecular weight is 710 g/mol. The topological polar surface area (TPSA) is 183 Å². The van der Waals surface area contributed by atoms with Crippen molar-refractivity contribution in [2.24, 2.45) is 11.8 Å². The minimum atomic E-state index is -3.35. The number of aliphatic hydroxyl groups excluding tert-OH is 1. The molecule has 13 nitrogen and oxygen atoms in total. The molecule has 1 aromatic rings. The number of rotatable bonds is 13. The molecular formula is C33H48ClN5O8S. The van der Waals surface area contributed by atoms with Crippen LogP contribution in [0.5, 0.6) is 0 Å². The van der Waals surface area contributed by atoms with Crippen LogP contribution in [0.1, 0.15) is 82.6 Å². The van der Waals surface area contributed by atoms with Crippen molar-refractivity contribution in [3.63, 3.8) is 0 Å². The van der Waals surface area contributed by atoms with Crippen LogP contribution in [0.2, 0.25) is 5.02 Å². The van der Waals surface area contributed by atoms with Crippen LogP contribution < -0.4 is 21.3 Å². The van der Waals surface area contributed by atoms with Gasteiger partial charge in [0.25, 0.3) is 5.91 Å². The number of carbonyl (C=O) groups excluding carboxylic acids is 4. The van der Waals surface area contributed by atoms with Crippen molar-refractivity contribution in [3.8, 4) is 0 Å². The maximum Gasteiger partial charge on any atom is 0.408 e. The molecule has 2 aliphatic carbocycles. The second kappa shape index (κ2) is 15.7. The van der Waals surface area contributed by atoms with Gasteiger partial charge in [-0.3, -0.25) is 14.4 Å². The molecule has 2 heterocycles. The molecule has 2 saturated heterocycles. The van der Waals surface area contributed by atoms with Crippen molar-refractivity contribution in [2.45, 2.75) is 113 Å². The predicted octanol–water partition coefficient (Wildman–Crippen LogP) is 2.35. The third kappa shape index (κ3) is 10.1. The van der Waals surface area contributed by atoms with Crippen molar-refractivity contribution < 1.29 is 37.4 Å². The number of carbonyl (C=O) groups is 4. The van der Waals surface area contributed by atoms with Crippen LogP contribution in [0.4, 0.5) is 4.79 Å². The highest BCUT2D eigenvalue weighted by molar-refractivity contribution is 7.88. The van der Waals surface area contributed by atoms with Gasteiger partial charge in [0.2, 0.25) is 21.8 Å². The summed E-state index contributed by atoms with van der Waals surface area (Å²) in [6.45, 7) is 0.508.